The number of hydrogen-bond donors (Lipinski definition) is 1. The molecule has 0 aliphatic heterocycles. The van der Waals surface area contributed by atoms with Gasteiger partial charge in [-0.1, -0.05) is 30.3 Å². The lowest BCUT2D eigenvalue weighted by molar-refractivity contribution is -0.119. The van der Waals surface area contributed by atoms with Crippen LogP contribution in [0, 0.1) is 0 Å². The number of methoxy groups -OCH3 is 4. The number of rotatable bonds is 13. The lowest BCUT2D eigenvalue weighted by atomic mass is 10.1. The zero-order valence-corrected chi connectivity index (χ0v) is 23.4. The highest BCUT2D eigenvalue weighted by Crippen LogP contribution is 2.37. The molecular formula is C28H33N3O7S. The van der Waals surface area contributed by atoms with Crippen molar-refractivity contribution in [3.8, 4) is 23.0 Å². The fourth-order valence-corrected chi connectivity index (χ4v) is 5.18. The summed E-state index contributed by atoms with van der Waals surface area (Å²) >= 11 is 0. The van der Waals surface area contributed by atoms with Crippen molar-refractivity contribution >= 4 is 27.3 Å². The highest BCUT2D eigenvalue weighted by atomic mass is 32.2. The molecule has 0 fully saturated rings. The Hall–Kier alpha value is -4.25. The largest absolute Gasteiger partial charge is 0.497 e. The number of carbonyl (C=O) groups is 1. The lowest BCUT2D eigenvalue weighted by Crippen LogP contribution is -2.40. The molecule has 10 nitrogen and oxygen atoms in total. The van der Waals surface area contributed by atoms with Crippen molar-refractivity contribution in [2.24, 2.45) is 5.10 Å². The van der Waals surface area contributed by atoms with Crippen molar-refractivity contribution < 1.29 is 32.2 Å². The molecule has 0 unspecified atom stereocenters. The first-order chi connectivity index (χ1) is 18.7. The van der Waals surface area contributed by atoms with E-state index < -0.39 is 22.5 Å². The van der Waals surface area contributed by atoms with E-state index in [9.17, 15) is 13.2 Å². The maximum Gasteiger partial charge on any atom is 0.265 e. The van der Waals surface area contributed by atoms with E-state index in [-0.39, 0.29) is 22.1 Å². The minimum Gasteiger partial charge on any atom is -0.497 e. The molecule has 0 spiro atoms. The molecule has 1 amide bonds. The molecule has 0 aliphatic carbocycles. The maximum atomic E-state index is 13.9. The number of sulfonamides is 1. The Kier molecular flexibility index (Phi) is 10.2. The SMILES string of the molecule is COc1ccc(OC)c(N(CC(=O)N/N=C(/C)CCc2ccccc2)S(=O)(=O)c2ccc(OC)c(OC)c2)c1. The van der Waals surface area contributed by atoms with Crippen LogP contribution in [0.1, 0.15) is 18.9 Å². The average Bonchev–Trinajstić information content (AvgIpc) is 2.97. The smallest absolute Gasteiger partial charge is 0.265 e. The molecular weight excluding hydrogens is 522 g/mol. The van der Waals surface area contributed by atoms with Crippen molar-refractivity contribution in [2.45, 2.75) is 24.7 Å². The molecule has 1 N–H and O–H groups in total. The van der Waals surface area contributed by atoms with Gasteiger partial charge >= 0.3 is 0 Å². The second-order valence-electron chi connectivity index (χ2n) is 8.43. The summed E-state index contributed by atoms with van der Waals surface area (Å²) in [5.74, 6) is 0.561. The van der Waals surface area contributed by atoms with E-state index in [2.05, 4.69) is 10.5 Å². The Morgan fingerprint density at radius 1 is 0.846 bits per heavy atom. The van der Waals surface area contributed by atoms with E-state index in [0.717, 1.165) is 16.3 Å². The first-order valence-electron chi connectivity index (χ1n) is 12.1. The quantitative estimate of drug-likeness (QED) is 0.250. The van der Waals surface area contributed by atoms with E-state index in [0.29, 0.717) is 23.6 Å². The Morgan fingerprint density at radius 3 is 2.15 bits per heavy atom. The second-order valence-corrected chi connectivity index (χ2v) is 10.3. The summed E-state index contributed by atoms with van der Waals surface area (Å²) in [7, 11) is 1.43. The molecule has 208 valence electrons. The number of hydrogen-bond acceptors (Lipinski definition) is 8. The second kappa shape index (κ2) is 13.5. The molecule has 3 aromatic carbocycles. The molecule has 0 heterocycles. The van der Waals surface area contributed by atoms with Crippen LogP contribution in [0.3, 0.4) is 0 Å². The van der Waals surface area contributed by atoms with Crippen molar-refractivity contribution in [1.82, 2.24) is 5.43 Å². The average molecular weight is 556 g/mol. The number of benzene rings is 3. The van der Waals surface area contributed by atoms with Crippen molar-refractivity contribution in [3.05, 3.63) is 72.3 Å². The van der Waals surface area contributed by atoms with Gasteiger partial charge in [0.1, 0.15) is 18.0 Å². The molecule has 0 aromatic heterocycles. The number of amides is 1. The van der Waals surface area contributed by atoms with Gasteiger partial charge < -0.3 is 18.9 Å². The number of ether oxygens (including phenoxy) is 4. The van der Waals surface area contributed by atoms with Gasteiger partial charge in [0.25, 0.3) is 15.9 Å². The summed E-state index contributed by atoms with van der Waals surface area (Å²) in [6, 6.07) is 18.8. The minimum absolute atomic E-state index is 0.111. The fourth-order valence-electron chi connectivity index (χ4n) is 3.74. The van der Waals surface area contributed by atoms with Gasteiger partial charge in [0, 0.05) is 17.8 Å². The van der Waals surface area contributed by atoms with Crippen LogP contribution in [0.25, 0.3) is 0 Å². The van der Waals surface area contributed by atoms with Gasteiger partial charge in [0.2, 0.25) is 0 Å². The fraction of sp³-hybridized carbons (Fsp3) is 0.286. The van der Waals surface area contributed by atoms with Gasteiger partial charge in [-0.05, 0) is 49.6 Å². The van der Waals surface area contributed by atoms with Crippen LogP contribution < -0.4 is 28.7 Å². The van der Waals surface area contributed by atoms with Crippen LogP contribution in [-0.2, 0) is 21.2 Å². The molecule has 39 heavy (non-hydrogen) atoms. The van der Waals surface area contributed by atoms with Crippen LogP contribution >= 0.6 is 0 Å². The highest BCUT2D eigenvalue weighted by Gasteiger charge is 2.31. The Labute approximate surface area is 229 Å². The van der Waals surface area contributed by atoms with Crippen molar-refractivity contribution in [2.75, 3.05) is 39.3 Å². The standard InChI is InChI=1S/C28H33N3O7S/c1-20(11-12-21-9-7-6-8-10-21)29-30-28(32)19-31(24-17-22(35-2)13-15-25(24)36-3)39(33,34)23-14-16-26(37-4)27(18-23)38-5/h6-10,13-18H,11-12,19H2,1-5H3,(H,30,32)/b29-20-. The van der Waals surface area contributed by atoms with E-state index in [1.807, 2.05) is 30.3 Å². The van der Waals surface area contributed by atoms with Crippen molar-refractivity contribution in [1.29, 1.82) is 0 Å². The number of hydrazone groups is 1. The van der Waals surface area contributed by atoms with Gasteiger partial charge in [-0.25, -0.2) is 13.8 Å². The van der Waals surface area contributed by atoms with Gasteiger partial charge in [-0.15, -0.1) is 0 Å². The van der Waals surface area contributed by atoms with Crippen LogP contribution in [0.4, 0.5) is 5.69 Å². The molecule has 3 rings (SSSR count). The summed E-state index contributed by atoms with van der Waals surface area (Å²) in [5, 5.41) is 4.17. The molecule has 0 atom stereocenters. The summed E-state index contributed by atoms with van der Waals surface area (Å²) in [5.41, 5.74) is 4.44. The van der Waals surface area contributed by atoms with E-state index in [4.69, 9.17) is 18.9 Å². The van der Waals surface area contributed by atoms with Gasteiger partial charge in [0.05, 0.1) is 39.0 Å². The Morgan fingerprint density at radius 2 is 1.51 bits per heavy atom. The number of nitrogens with one attached hydrogen (secondary N) is 1. The third kappa shape index (κ3) is 7.41. The van der Waals surface area contributed by atoms with Gasteiger partial charge in [-0.2, -0.15) is 5.10 Å². The number of carbonyl (C=O) groups excluding carboxylic acids is 1. The Balaban J connectivity index is 1.93. The molecule has 0 saturated carbocycles. The van der Waals surface area contributed by atoms with Gasteiger partial charge in [-0.3, -0.25) is 9.10 Å². The van der Waals surface area contributed by atoms with Crippen molar-refractivity contribution in [3.63, 3.8) is 0 Å². The molecule has 0 aliphatic rings. The zero-order chi connectivity index (χ0) is 28.4. The summed E-state index contributed by atoms with van der Waals surface area (Å²) < 4.78 is 50.0. The first-order valence-corrected chi connectivity index (χ1v) is 13.5. The molecule has 0 bridgehead atoms. The number of nitrogens with zero attached hydrogens (tertiary/aromatic N) is 2. The monoisotopic (exact) mass is 555 g/mol. The zero-order valence-electron chi connectivity index (χ0n) is 22.6. The molecule has 0 saturated heterocycles. The van der Waals surface area contributed by atoms with E-state index in [1.54, 1.807) is 19.1 Å². The van der Waals surface area contributed by atoms with Crippen LogP contribution in [0.2, 0.25) is 0 Å². The Bertz CT molecular complexity index is 1410. The number of anilines is 1. The van der Waals surface area contributed by atoms with Crippen LogP contribution in [0.15, 0.2) is 76.7 Å². The van der Waals surface area contributed by atoms with Crippen LogP contribution in [-0.4, -0.2) is 55.0 Å². The first kappa shape index (κ1) is 29.3. The van der Waals surface area contributed by atoms with Crippen LogP contribution in [0.5, 0.6) is 23.0 Å². The molecule has 11 heteroatoms. The summed E-state index contributed by atoms with van der Waals surface area (Å²) in [4.78, 5) is 12.9. The van der Waals surface area contributed by atoms with E-state index in [1.165, 1.54) is 52.7 Å². The summed E-state index contributed by atoms with van der Waals surface area (Å²) in [6.45, 7) is 1.22. The molecule has 3 aromatic rings. The molecule has 0 radical (unpaired) electrons. The maximum absolute atomic E-state index is 13.9. The normalized spacial score (nSPS) is 11.5. The summed E-state index contributed by atoms with van der Waals surface area (Å²) in [6.07, 6.45) is 1.38. The third-order valence-corrected chi connectivity index (χ3v) is 7.63. The highest BCUT2D eigenvalue weighted by molar-refractivity contribution is 7.92. The third-order valence-electron chi connectivity index (χ3n) is 5.87. The van der Waals surface area contributed by atoms with E-state index >= 15 is 0 Å². The topological polar surface area (TPSA) is 116 Å². The lowest BCUT2D eigenvalue weighted by Gasteiger charge is -2.26. The predicted octanol–water partition coefficient (Wildman–Crippen LogP) is 4.04. The minimum atomic E-state index is -4.30. The number of aryl methyl sites for hydroxylation is 1. The predicted molar refractivity (Wildman–Crippen MR) is 150 cm³/mol. The van der Waals surface area contributed by atoms with Gasteiger partial charge in [0.15, 0.2) is 11.5 Å².